The minimum Gasteiger partial charge on any atom is -0.480 e. The van der Waals surface area contributed by atoms with Crippen LogP contribution in [0.4, 0.5) is 0 Å². The largest absolute Gasteiger partial charge is 0.480 e. The summed E-state index contributed by atoms with van der Waals surface area (Å²) in [5.41, 5.74) is -0.651. The molecular weight excluding hydrogens is 188 g/mol. The number of para-hydroxylation sites is 1. The van der Waals surface area contributed by atoms with Crippen LogP contribution in [-0.2, 0) is 4.79 Å². The average Bonchev–Trinajstić information content (AvgIpc) is 2.27. The van der Waals surface area contributed by atoms with Gasteiger partial charge in [0, 0.05) is 0 Å². The molecule has 0 amide bonds. The van der Waals surface area contributed by atoms with E-state index in [-0.39, 0.29) is 5.78 Å². The van der Waals surface area contributed by atoms with Crippen molar-refractivity contribution in [1.29, 1.82) is 0 Å². The van der Waals surface area contributed by atoms with Crippen molar-refractivity contribution in [2.75, 3.05) is 0 Å². The molecule has 0 heterocycles. The van der Waals surface area contributed by atoms with E-state index in [1.54, 1.807) is 6.92 Å². The van der Waals surface area contributed by atoms with Crippen molar-refractivity contribution in [3.05, 3.63) is 30.3 Å². The van der Waals surface area contributed by atoms with Crippen LogP contribution in [0, 0.1) is 0 Å². The van der Waals surface area contributed by atoms with Crippen molar-refractivity contribution >= 4 is 5.78 Å². The molecule has 0 aromatic heterocycles. The van der Waals surface area contributed by atoms with E-state index in [4.69, 9.17) is 4.74 Å². The zero-order valence-corrected chi connectivity index (χ0v) is 9.62. The van der Waals surface area contributed by atoms with Crippen molar-refractivity contribution in [1.82, 2.24) is 0 Å². The highest BCUT2D eigenvalue weighted by Gasteiger charge is 2.33. The number of ether oxygens (including phenoxy) is 1. The van der Waals surface area contributed by atoms with Gasteiger partial charge in [-0.15, -0.1) is 0 Å². The lowest BCUT2D eigenvalue weighted by molar-refractivity contribution is -0.132. The molecule has 0 saturated carbocycles. The lowest BCUT2D eigenvalue weighted by Crippen LogP contribution is -2.42. The third-order valence-corrected chi connectivity index (χ3v) is 2.84. The predicted octanol–water partition coefficient (Wildman–Crippen LogP) is 3.21. The third-order valence-electron chi connectivity index (χ3n) is 2.84. The first-order chi connectivity index (χ1) is 7.14. The van der Waals surface area contributed by atoms with Gasteiger partial charge < -0.3 is 4.74 Å². The fourth-order valence-corrected chi connectivity index (χ4v) is 1.68. The molecule has 0 aliphatic rings. The van der Waals surface area contributed by atoms with Crippen LogP contribution in [0.2, 0.25) is 0 Å². The van der Waals surface area contributed by atoms with Crippen molar-refractivity contribution < 1.29 is 9.53 Å². The molecule has 1 rings (SSSR count). The molecule has 82 valence electrons. The number of rotatable bonds is 5. The second-order valence-corrected chi connectivity index (χ2v) is 3.67. The molecule has 2 heteroatoms. The van der Waals surface area contributed by atoms with Gasteiger partial charge in [-0.1, -0.05) is 32.0 Å². The Morgan fingerprint density at radius 2 is 1.73 bits per heavy atom. The number of Topliss-reactive ketones (excluding diaryl/α,β-unsaturated/α-hetero) is 1. The van der Waals surface area contributed by atoms with Gasteiger partial charge in [0.05, 0.1) is 0 Å². The van der Waals surface area contributed by atoms with Gasteiger partial charge in [-0.05, 0) is 31.9 Å². The van der Waals surface area contributed by atoms with Gasteiger partial charge in [-0.3, -0.25) is 4.79 Å². The lowest BCUT2D eigenvalue weighted by atomic mass is 9.92. The van der Waals surface area contributed by atoms with Crippen LogP contribution in [0.3, 0.4) is 0 Å². The Hall–Kier alpha value is -1.31. The molecular formula is C13H18O2. The molecule has 0 saturated heterocycles. The Labute approximate surface area is 91.3 Å². The number of carbonyl (C=O) groups is 1. The molecule has 0 aliphatic carbocycles. The number of ketones is 1. The van der Waals surface area contributed by atoms with E-state index in [1.807, 2.05) is 44.2 Å². The highest BCUT2D eigenvalue weighted by molar-refractivity contribution is 5.85. The molecule has 0 fully saturated rings. The summed E-state index contributed by atoms with van der Waals surface area (Å²) >= 11 is 0. The second kappa shape index (κ2) is 4.96. The minimum atomic E-state index is -0.651. The van der Waals surface area contributed by atoms with Crippen LogP contribution >= 0.6 is 0 Å². The molecule has 0 radical (unpaired) electrons. The van der Waals surface area contributed by atoms with Crippen LogP contribution in [0.15, 0.2) is 30.3 Å². The van der Waals surface area contributed by atoms with E-state index < -0.39 is 5.60 Å². The van der Waals surface area contributed by atoms with Gasteiger partial charge in [0.15, 0.2) is 11.4 Å². The first-order valence-electron chi connectivity index (χ1n) is 5.39. The molecule has 2 nitrogen and oxygen atoms in total. The lowest BCUT2D eigenvalue weighted by Gasteiger charge is -2.29. The fraction of sp³-hybridized carbons (Fsp3) is 0.462. The van der Waals surface area contributed by atoms with Crippen LogP contribution in [0.1, 0.15) is 33.6 Å². The molecule has 0 unspecified atom stereocenters. The maximum Gasteiger partial charge on any atom is 0.173 e. The quantitative estimate of drug-likeness (QED) is 0.739. The molecule has 0 spiro atoms. The monoisotopic (exact) mass is 206 g/mol. The van der Waals surface area contributed by atoms with Crippen LogP contribution in [0.25, 0.3) is 0 Å². The van der Waals surface area contributed by atoms with E-state index in [9.17, 15) is 4.79 Å². The summed E-state index contributed by atoms with van der Waals surface area (Å²) in [7, 11) is 0. The normalized spacial score (nSPS) is 11.1. The van der Waals surface area contributed by atoms with E-state index >= 15 is 0 Å². The predicted molar refractivity (Wildman–Crippen MR) is 61.1 cm³/mol. The Balaban J connectivity index is 2.89. The highest BCUT2D eigenvalue weighted by Crippen LogP contribution is 2.25. The van der Waals surface area contributed by atoms with Gasteiger partial charge in [0.25, 0.3) is 0 Å². The molecule has 0 N–H and O–H groups in total. The van der Waals surface area contributed by atoms with Gasteiger partial charge in [0.2, 0.25) is 0 Å². The molecule has 0 aliphatic heterocycles. The van der Waals surface area contributed by atoms with Gasteiger partial charge in [-0.2, -0.15) is 0 Å². The zero-order valence-electron chi connectivity index (χ0n) is 9.62. The van der Waals surface area contributed by atoms with Crippen LogP contribution < -0.4 is 4.74 Å². The summed E-state index contributed by atoms with van der Waals surface area (Å²) in [5.74, 6) is 0.854. The summed E-state index contributed by atoms with van der Waals surface area (Å²) in [6.07, 6.45) is 1.40. The Kier molecular flexibility index (Phi) is 3.89. The number of hydrogen-bond donors (Lipinski definition) is 0. The molecule has 0 bridgehead atoms. The number of hydrogen-bond acceptors (Lipinski definition) is 2. The average molecular weight is 206 g/mol. The SMILES string of the molecule is CCC(CC)(Oc1ccccc1)C(C)=O. The number of benzene rings is 1. The Morgan fingerprint density at radius 1 is 1.20 bits per heavy atom. The van der Waals surface area contributed by atoms with Crippen LogP contribution in [0.5, 0.6) is 5.75 Å². The summed E-state index contributed by atoms with van der Waals surface area (Å²) in [4.78, 5) is 11.6. The van der Waals surface area contributed by atoms with Crippen LogP contribution in [-0.4, -0.2) is 11.4 Å². The fourth-order valence-electron chi connectivity index (χ4n) is 1.68. The van der Waals surface area contributed by atoms with Crippen molar-refractivity contribution in [2.45, 2.75) is 39.2 Å². The van der Waals surface area contributed by atoms with Crippen molar-refractivity contribution in [3.63, 3.8) is 0 Å². The topological polar surface area (TPSA) is 26.3 Å². The Morgan fingerprint density at radius 3 is 2.13 bits per heavy atom. The second-order valence-electron chi connectivity index (χ2n) is 3.67. The zero-order chi connectivity index (χ0) is 11.3. The summed E-state index contributed by atoms with van der Waals surface area (Å²) in [5, 5.41) is 0. The smallest absolute Gasteiger partial charge is 0.173 e. The summed E-state index contributed by atoms with van der Waals surface area (Å²) in [6, 6.07) is 9.50. The maximum absolute atomic E-state index is 11.6. The molecule has 15 heavy (non-hydrogen) atoms. The van der Waals surface area contributed by atoms with Gasteiger partial charge >= 0.3 is 0 Å². The summed E-state index contributed by atoms with van der Waals surface area (Å²) in [6.45, 7) is 5.55. The third kappa shape index (κ3) is 2.58. The first kappa shape index (κ1) is 11.8. The molecule has 0 atom stereocenters. The first-order valence-corrected chi connectivity index (χ1v) is 5.39. The minimum absolute atomic E-state index is 0.0938. The van der Waals surface area contributed by atoms with Gasteiger partial charge in [-0.25, -0.2) is 0 Å². The van der Waals surface area contributed by atoms with Crippen molar-refractivity contribution in [2.24, 2.45) is 0 Å². The van der Waals surface area contributed by atoms with Crippen molar-refractivity contribution in [3.8, 4) is 5.75 Å². The van der Waals surface area contributed by atoms with E-state index in [0.717, 1.165) is 5.75 Å². The number of carbonyl (C=O) groups excluding carboxylic acids is 1. The van der Waals surface area contributed by atoms with Gasteiger partial charge in [0.1, 0.15) is 5.75 Å². The summed E-state index contributed by atoms with van der Waals surface area (Å²) < 4.78 is 5.81. The van der Waals surface area contributed by atoms with E-state index in [1.165, 1.54) is 0 Å². The Bertz CT molecular complexity index is 313. The molecule has 1 aromatic carbocycles. The highest BCUT2D eigenvalue weighted by atomic mass is 16.5. The van der Waals surface area contributed by atoms with E-state index in [0.29, 0.717) is 12.8 Å². The maximum atomic E-state index is 11.6. The standard InChI is InChI=1S/C13H18O2/c1-4-13(5-2,11(3)14)15-12-9-7-6-8-10-12/h6-10H,4-5H2,1-3H3. The van der Waals surface area contributed by atoms with E-state index in [2.05, 4.69) is 0 Å². The molecule has 1 aromatic rings.